The second-order valence-corrected chi connectivity index (χ2v) is 8.00. The van der Waals surface area contributed by atoms with Gasteiger partial charge in [-0.2, -0.15) is 0 Å². The molecule has 2 atom stereocenters. The van der Waals surface area contributed by atoms with Crippen LogP contribution in [0.3, 0.4) is 0 Å². The van der Waals surface area contributed by atoms with E-state index in [2.05, 4.69) is 52.0 Å². The van der Waals surface area contributed by atoms with Crippen LogP contribution in [0.4, 0.5) is 4.39 Å². The smallest absolute Gasteiger partial charge is 0.160 e. The summed E-state index contributed by atoms with van der Waals surface area (Å²) in [5.74, 6) is 1.61. The molecule has 3 rings (SSSR count). The minimum absolute atomic E-state index is 0.166. The molecule has 1 heterocycles. The zero-order chi connectivity index (χ0) is 19.6. The van der Waals surface area contributed by atoms with Crippen molar-refractivity contribution >= 4 is 15.9 Å². The monoisotopic (exact) mass is 436 g/mol. The summed E-state index contributed by atoms with van der Waals surface area (Å²) in [5.41, 5.74) is 1.92. The Morgan fingerprint density at radius 2 is 1.85 bits per heavy atom. The molecule has 146 valence electrons. The van der Waals surface area contributed by atoms with Crippen molar-refractivity contribution in [3.63, 3.8) is 0 Å². The zero-order valence-corrected chi connectivity index (χ0v) is 17.8. The van der Waals surface area contributed by atoms with Crippen molar-refractivity contribution in [2.45, 2.75) is 18.5 Å². The summed E-state index contributed by atoms with van der Waals surface area (Å²) in [4.78, 5) is 4.56. The van der Waals surface area contributed by atoms with E-state index in [4.69, 9.17) is 9.47 Å². The van der Waals surface area contributed by atoms with Crippen LogP contribution in [0.1, 0.15) is 17.0 Å². The third-order valence-corrected chi connectivity index (χ3v) is 6.05. The van der Waals surface area contributed by atoms with Crippen molar-refractivity contribution in [2.24, 2.45) is 0 Å². The van der Waals surface area contributed by atoms with E-state index in [0.29, 0.717) is 24.1 Å². The van der Waals surface area contributed by atoms with Crippen molar-refractivity contribution in [1.29, 1.82) is 0 Å². The average molecular weight is 437 g/mol. The standard InChI is InChI=1S/C21H26BrFN2O2/c1-24(2)19-13-25(12-16-17(22)6-5-7-18(16)23)11-15(19)14-8-9-20(26-3)21(10-14)27-4/h5-10,15,19H,11-13H2,1-4H3/t15-,19+/m1/s1. The molecular weight excluding hydrogens is 411 g/mol. The quantitative estimate of drug-likeness (QED) is 0.679. The largest absolute Gasteiger partial charge is 0.493 e. The molecule has 2 aromatic carbocycles. The topological polar surface area (TPSA) is 24.9 Å². The lowest BCUT2D eigenvalue weighted by molar-refractivity contribution is 0.258. The first-order valence-corrected chi connectivity index (χ1v) is 9.77. The lowest BCUT2D eigenvalue weighted by Gasteiger charge is -2.26. The summed E-state index contributed by atoms with van der Waals surface area (Å²) in [6, 6.07) is 11.6. The summed E-state index contributed by atoms with van der Waals surface area (Å²) in [5, 5.41) is 0. The molecule has 1 fully saturated rings. The fourth-order valence-electron chi connectivity index (χ4n) is 3.84. The molecule has 0 aliphatic carbocycles. The molecule has 27 heavy (non-hydrogen) atoms. The molecule has 0 bridgehead atoms. The van der Waals surface area contributed by atoms with E-state index in [-0.39, 0.29) is 5.82 Å². The Bertz CT molecular complexity index is 779. The van der Waals surface area contributed by atoms with Crippen molar-refractivity contribution in [3.8, 4) is 11.5 Å². The molecular formula is C21H26BrFN2O2. The Morgan fingerprint density at radius 3 is 2.48 bits per heavy atom. The van der Waals surface area contributed by atoms with Crippen molar-refractivity contribution in [1.82, 2.24) is 9.80 Å². The molecule has 0 aromatic heterocycles. The van der Waals surface area contributed by atoms with Gasteiger partial charge in [0.2, 0.25) is 0 Å². The minimum Gasteiger partial charge on any atom is -0.493 e. The normalized spacial score (nSPS) is 20.3. The molecule has 0 spiro atoms. The molecule has 6 heteroatoms. The maximum Gasteiger partial charge on any atom is 0.160 e. The van der Waals surface area contributed by atoms with Crippen LogP contribution in [0.15, 0.2) is 40.9 Å². The number of likely N-dealkylation sites (N-methyl/N-ethyl adjacent to an activating group) is 1. The van der Waals surface area contributed by atoms with Crippen LogP contribution in [-0.2, 0) is 6.54 Å². The highest BCUT2D eigenvalue weighted by Crippen LogP contribution is 2.36. The maximum absolute atomic E-state index is 14.3. The van der Waals surface area contributed by atoms with Gasteiger partial charge in [0, 0.05) is 41.6 Å². The van der Waals surface area contributed by atoms with Gasteiger partial charge in [-0.3, -0.25) is 4.90 Å². The molecule has 1 saturated heterocycles. The number of halogens is 2. The van der Waals surface area contributed by atoms with E-state index >= 15 is 0 Å². The fraction of sp³-hybridized carbons (Fsp3) is 0.429. The van der Waals surface area contributed by atoms with E-state index in [9.17, 15) is 4.39 Å². The second kappa shape index (κ2) is 8.59. The first-order valence-electron chi connectivity index (χ1n) is 8.98. The predicted molar refractivity (Wildman–Crippen MR) is 109 cm³/mol. The molecule has 0 unspecified atom stereocenters. The predicted octanol–water partition coefficient (Wildman–Crippen LogP) is 4.14. The van der Waals surface area contributed by atoms with E-state index in [1.54, 1.807) is 20.3 Å². The molecule has 1 aliphatic rings. The lowest BCUT2D eigenvalue weighted by Crippen LogP contribution is -2.34. The average Bonchev–Trinajstić information content (AvgIpc) is 3.08. The van der Waals surface area contributed by atoms with Crippen molar-refractivity contribution in [3.05, 3.63) is 57.8 Å². The summed E-state index contributed by atoms with van der Waals surface area (Å²) >= 11 is 3.49. The SMILES string of the molecule is COc1ccc([C@H]2CN(Cc3c(F)cccc3Br)C[C@@H]2N(C)C)cc1OC. The van der Waals surface area contributed by atoms with Crippen molar-refractivity contribution < 1.29 is 13.9 Å². The van der Waals surface area contributed by atoms with E-state index in [0.717, 1.165) is 29.1 Å². The highest BCUT2D eigenvalue weighted by molar-refractivity contribution is 9.10. The minimum atomic E-state index is -0.166. The second-order valence-electron chi connectivity index (χ2n) is 7.15. The Balaban J connectivity index is 1.85. The Morgan fingerprint density at radius 1 is 1.11 bits per heavy atom. The van der Waals surface area contributed by atoms with Crippen LogP contribution in [0, 0.1) is 5.82 Å². The van der Waals surface area contributed by atoms with Gasteiger partial charge in [-0.15, -0.1) is 0 Å². The fourth-order valence-corrected chi connectivity index (χ4v) is 4.30. The van der Waals surface area contributed by atoms with Crippen molar-refractivity contribution in [2.75, 3.05) is 41.4 Å². The summed E-state index contributed by atoms with van der Waals surface area (Å²) in [7, 11) is 7.49. The maximum atomic E-state index is 14.3. The van der Waals surface area contributed by atoms with Gasteiger partial charge in [-0.05, 0) is 43.9 Å². The molecule has 0 amide bonds. The number of benzene rings is 2. The lowest BCUT2D eigenvalue weighted by atomic mass is 9.93. The van der Waals surface area contributed by atoms with Crippen LogP contribution in [0.25, 0.3) is 0 Å². The van der Waals surface area contributed by atoms with Gasteiger partial charge in [0.1, 0.15) is 5.82 Å². The van der Waals surface area contributed by atoms with E-state index in [1.807, 2.05) is 12.1 Å². The van der Waals surface area contributed by atoms with Crippen LogP contribution >= 0.6 is 15.9 Å². The number of likely N-dealkylation sites (tertiary alicyclic amines) is 1. The number of hydrogen-bond donors (Lipinski definition) is 0. The Hall–Kier alpha value is -1.63. The highest BCUT2D eigenvalue weighted by Gasteiger charge is 2.36. The molecule has 2 aromatic rings. The van der Waals surface area contributed by atoms with Crippen LogP contribution in [-0.4, -0.2) is 57.2 Å². The highest BCUT2D eigenvalue weighted by atomic mass is 79.9. The molecule has 0 saturated carbocycles. The number of rotatable bonds is 6. The van der Waals surface area contributed by atoms with E-state index < -0.39 is 0 Å². The van der Waals surface area contributed by atoms with Crippen LogP contribution < -0.4 is 9.47 Å². The molecule has 0 radical (unpaired) electrons. The molecule has 4 nitrogen and oxygen atoms in total. The summed E-state index contributed by atoms with van der Waals surface area (Å²) in [6.45, 7) is 2.33. The first-order chi connectivity index (χ1) is 12.9. The van der Waals surface area contributed by atoms with Gasteiger partial charge in [0.15, 0.2) is 11.5 Å². The zero-order valence-electron chi connectivity index (χ0n) is 16.2. The number of hydrogen-bond acceptors (Lipinski definition) is 4. The van der Waals surface area contributed by atoms with Crippen LogP contribution in [0.2, 0.25) is 0 Å². The van der Waals surface area contributed by atoms with Gasteiger partial charge in [0.25, 0.3) is 0 Å². The Labute approximate surface area is 169 Å². The van der Waals surface area contributed by atoms with Crippen LogP contribution in [0.5, 0.6) is 11.5 Å². The van der Waals surface area contributed by atoms with Gasteiger partial charge in [-0.25, -0.2) is 4.39 Å². The molecule has 1 aliphatic heterocycles. The number of nitrogens with zero attached hydrogens (tertiary/aromatic N) is 2. The number of ether oxygens (including phenoxy) is 2. The third kappa shape index (κ3) is 4.28. The van der Waals surface area contributed by atoms with Gasteiger partial charge in [-0.1, -0.05) is 28.1 Å². The first kappa shape index (κ1) is 20.1. The van der Waals surface area contributed by atoms with Gasteiger partial charge in [0.05, 0.1) is 14.2 Å². The van der Waals surface area contributed by atoms with Gasteiger partial charge >= 0.3 is 0 Å². The summed E-state index contributed by atoms with van der Waals surface area (Å²) < 4.78 is 25.9. The van der Waals surface area contributed by atoms with E-state index in [1.165, 1.54) is 11.6 Å². The molecule has 0 N–H and O–H groups in total. The summed E-state index contributed by atoms with van der Waals surface area (Å²) in [6.07, 6.45) is 0. The number of methoxy groups -OCH3 is 2. The Kier molecular flexibility index (Phi) is 6.40. The van der Waals surface area contributed by atoms with Gasteiger partial charge < -0.3 is 14.4 Å². The third-order valence-electron chi connectivity index (χ3n) is 5.31.